The molecule has 0 aromatic heterocycles. The summed E-state index contributed by atoms with van der Waals surface area (Å²) < 4.78 is 0. The second-order valence-corrected chi connectivity index (χ2v) is 7.66. The van der Waals surface area contributed by atoms with Crippen molar-refractivity contribution in [2.75, 3.05) is 39.3 Å². The Balaban J connectivity index is 5.23. The summed E-state index contributed by atoms with van der Waals surface area (Å²) in [5, 5.41) is 20.2. The van der Waals surface area contributed by atoms with E-state index in [1.807, 2.05) is 0 Å². The van der Waals surface area contributed by atoms with Gasteiger partial charge in [0.25, 0.3) is 0 Å². The van der Waals surface area contributed by atoms with Crippen molar-refractivity contribution >= 4 is 35.5 Å². The second kappa shape index (κ2) is 17.1. The highest BCUT2D eigenvalue weighted by atomic mass is 16.4. The quantitative estimate of drug-likeness (QED) is 0.0823. The van der Waals surface area contributed by atoms with E-state index < -0.39 is 97.9 Å². The van der Waals surface area contributed by atoms with Crippen molar-refractivity contribution in [2.45, 2.75) is 36.3 Å². The van der Waals surface area contributed by atoms with Crippen LogP contribution in [-0.2, 0) is 28.8 Å². The van der Waals surface area contributed by atoms with Crippen LogP contribution in [0.3, 0.4) is 0 Å². The lowest BCUT2D eigenvalue weighted by Crippen LogP contribution is -2.63. The number of nitrogens with one attached hydrogen (secondary N) is 5. The van der Waals surface area contributed by atoms with Crippen LogP contribution in [0, 0.1) is 0 Å². The van der Waals surface area contributed by atoms with Gasteiger partial charge in [0, 0.05) is 39.3 Å². The first-order valence-electron chi connectivity index (χ1n) is 11.1. The molecule has 5 amide bonds. The van der Waals surface area contributed by atoms with Gasteiger partial charge in [-0.3, -0.25) is 24.0 Å². The van der Waals surface area contributed by atoms with Gasteiger partial charge in [-0.15, -0.1) is 0 Å². The van der Waals surface area contributed by atoms with Crippen molar-refractivity contribution < 1.29 is 33.9 Å². The summed E-state index contributed by atoms with van der Waals surface area (Å²) in [4.78, 5) is 72.9. The molecule has 20 N–H and O–H groups in total. The largest absolute Gasteiger partial charge is 0.480 e. The van der Waals surface area contributed by atoms with Gasteiger partial charge in [-0.05, 0) is 0 Å². The summed E-state index contributed by atoms with van der Waals surface area (Å²) in [6.07, 6.45) is 0. The summed E-state index contributed by atoms with van der Waals surface area (Å²) in [5.74, 6) is -5.74. The fraction of sp³-hybridized carbons (Fsp3) is 0.667. The lowest BCUT2D eigenvalue weighted by Gasteiger charge is -2.25. The molecule has 0 saturated carbocycles. The van der Waals surface area contributed by atoms with Crippen molar-refractivity contribution in [1.29, 1.82) is 0 Å². The maximum Gasteiger partial charge on any atom is 0.327 e. The average Bonchev–Trinajstić information content (AvgIpc) is 2.88. The highest BCUT2D eigenvalue weighted by Crippen LogP contribution is 1.93. The van der Waals surface area contributed by atoms with E-state index in [1.165, 1.54) is 0 Å². The standard InChI is InChI=1S/C18H38N12O7/c19-1-7(25)13(31)26-8(2-20)14(32)27-9(3-21)15(33)28-10(4-22)16(34)29-11(5-23)17(35)30-12(6-24)18(36)37/h7-12H,1-6,19-25H2,(H,26,31)(H,27,32)(H,28,33)(H,29,34)(H,30,35)(H,36,37)/t7-,8-,9-,10-,11-,12-/m0/s1. The van der Waals surface area contributed by atoms with Crippen LogP contribution in [0.4, 0.5) is 0 Å². The Labute approximate surface area is 212 Å². The molecule has 0 spiro atoms. The predicted molar refractivity (Wildman–Crippen MR) is 130 cm³/mol. The number of carboxylic acid groups (broad SMARTS) is 1. The summed E-state index contributed by atoms with van der Waals surface area (Å²) in [7, 11) is 0. The number of carbonyl (C=O) groups excluding carboxylic acids is 5. The highest BCUT2D eigenvalue weighted by molar-refractivity contribution is 5.96. The van der Waals surface area contributed by atoms with Gasteiger partial charge in [0.15, 0.2) is 0 Å². The molecule has 19 nitrogen and oxygen atoms in total. The van der Waals surface area contributed by atoms with E-state index in [1.54, 1.807) is 0 Å². The van der Waals surface area contributed by atoms with Crippen LogP contribution in [0.5, 0.6) is 0 Å². The van der Waals surface area contributed by atoms with Crippen LogP contribution in [0.15, 0.2) is 0 Å². The van der Waals surface area contributed by atoms with Crippen molar-refractivity contribution in [3.05, 3.63) is 0 Å². The number of nitrogens with two attached hydrogens (primary N) is 7. The van der Waals surface area contributed by atoms with Crippen molar-refractivity contribution in [1.82, 2.24) is 26.6 Å². The van der Waals surface area contributed by atoms with Gasteiger partial charge in [-0.25, -0.2) is 4.79 Å². The van der Waals surface area contributed by atoms with Gasteiger partial charge >= 0.3 is 5.97 Å². The monoisotopic (exact) mass is 534 g/mol. The minimum absolute atomic E-state index is 0.180. The normalized spacial score (nSPS) is 15.6. The molecule has 212 valence electrons. The molecule has 0 aliphatic carbocycles. The third-order valence-electron chi connectivity index (χ3n) is 4.92. The van der Waals surface area contributed by atoms with Crippen molar-refractivity contribution in [3.8, 4) is 0 Å². The molecule has 0 unspecified atom stereocenters. The number of hydrogen-bond donors (Lipinski definition) is 13. The molecule has 0 aliphatic heterocycles. The number of hydrogen-bond acceptors (Lipinski definition) is 13. The topological polar surface area (TPSA) is 365 Å². The minimum atomic E-state index is -1.41. The van der Waals surface area contributed by atoms with Crippen molar-refractivity contribution in [3.63, 3.8) is 0 Å². The second-order valence-electron chi connectivity index (χ2n) is 7.66. The zero-order valence-corrected chi connectivity index (χ0v) is 20.1. The molecule has 0 aliphatic rings. The molecule has 0 fully saturated rings. The lowest BCUT2D eigenvalue weighted by atomic mass is 10.1. The molecule has 0 radical (unpaired) electrons. The maximum absolute atomic E-state index is 12.6. The SMILES string of the molecule is NC[C@H](NC(=O)[C@H](CN)NC(=O)[C@H](CN)NC(=O)[C@H](CN)NC(=O)[C@H](CN)NC(=O)[C@@H](N)CN)C(=O)O. The van der Waals surface area contributed by atoms with Gasteiger partial charge < -0.3 is 71.8 Å². The van der Waals surface area contributed by atoms with Gasteiger partial charge in [0.1, 0.15) is 30.2 Å². The molecule has 0 aromatic carbocycles. The molecule has 19 heteroatoms. The summed E-state index contributed by atoms with van der Waals surface area (Å²) in [5.41, 5.74) is 38.2. The molecule has 37 heavy (non-hydrogen) atoms. The van der Waals surface area contributed by atoms with Gasteiger partial charge in [-0.1, -0.05) is 0 Å². The van der Waals surface area contributed by atoms with E-state index in [0.717, 1.165) is 0 Å². The van der Waals surface area contributed by atoms with Gasteiger partial charge in [0.2, 0.25) is 29.5 Å². The van der Waals surface area contributed by atoms with Gasteiger partial charge in [0.05, 0.1) is 6.04 Å². The van der Waals surface area contributed by atoms with Crippen LogP contribution in [0.2, 0.25) is 0 Å². The first-order valence-corrected chi connectivity index (χ1v) is 11.1. The molecular weight excluding hydrogens is 496 g/mol. The number of aliphatic carboxylic acids is 1. The maximum atomic E-state index is 12.6. The Bertz CT molecular complexity index is 814. The zero-order chi connectivity index (χ0) is 28.7. The van der Waals surface area contributed by atoms with E-state index >= 15 is 0 Å². The Morgan fingerprint density at radius 1 is 0.459 bits per heavy atom. The number of amides is 5. The molecular formula is C18H38N12O7. The Morgan fingerprint density at radius 2 is 0.703 bits per heavy atom. The third-order valence-corrected chi connectivity index (χ3v) is 4.92. The van der Waals surface area contributed by atoms with Crippen LogP contribution in [0.1, 0.15) is 0 Å². The van der Waals surface area contributed by atoms with E-state index in [9.17, 15) is 28.8 Å². The van der Waals surface area contributed by atoms with Crippen LogP contribution >= 0.6 is 0 Å². The molecule has 6 atom stereocenters. The fourth-order valence-electron chi connectivity index (χ4n) is 2.62. The molecule has 0 bridgehead atoms. The van der Waals surface area contributed by atoms with E-state index in [4.69, 9.17) is 45.2 Å². The number of carboxylic acids is 1. The van der Waals surface area contributed by atoms with Crippen LogP contribution < -0.4 is 66.7 Å². The van der Waals surface area contributed by atoms with Crippen LogP contribution in [-0.4, -0.2) is 116 Å². The summed E-state index contributed by atoms with van der Waals surface area (Å²) in [6, 6.07) is -7.87. The molecule has 0 saturated heterocycles. The number of carbonyl (C=O) groups is 6. The zero-order valence-electron chi connectivity index (χ0n) is 20.1. The predicted octanol–water partition coefficient (Wildman–Crippen LogP) is -9.43. The van der Waals surface area contributed by atoms with Gasteiger partial charge in [-0.2, -0.15) is 0 Å². The number of rotatable bonds is 17. The summed E-state index contributed by atoms with van der Waals surface area (Å²) >= 11 is 0. The highest BCUT2D eigenvalue weighted by Gasteiger charge is 2.31. The third kappa shape index (κ3) is 11.0. The Kier molecular flexibility index (Phi) is 15.5. The lowest BCUT2D eigenvalue weighted by molar-refractivity contribution is -0.142. The molecule has 0 heterocycles. The average molecular weight is 535 g/mol. The fourth-order valence-corrected chi connectivity index (χ4v) is 2.62. The smallest absolute Gasteiger partial charge is 0.327 e. The first kappa shape index (κ1) is 33.5. The minimum Gasteiger partial charge on any atom is -0.480 e. The van der Waals surface area contributed by atoms with E-state index in [2.05, 4.69) is 26.6 Å². The first-order chi connectivity index (χ1) is 17.4. The Hall–Kier alpha value is -3.46. The molecule has 0 rings (SSSR count). The molecule has 0 aromatic rings. The van der Waals surface area contributed by atoms with Crippen molar-refractivity contribution in [2.24, 2.45) is 40.1 Å². The van der Waals surface area contributed by atoms with E-state index in [-0.39, 0.29) is 13.1 Å². The van der Waals surface area contributed by atoms with E-state index in [0.29, 0.717) is 0 Å². The summed E-state index contributed by atoms with van der Waals surface area (Å²) in [6.45, 7) is -2.18. The Morgan fingerprint density at radius 3 is 0.919 bits per heavy atom. The van der Waals surface area contributed by atoms with Crippen LogP contribution in [0.25, 0.3) is 0 Å².